The van der Waals surface area contributed by atoms with E-state index in [9.17, 15) is 4.79 Å². The number of benzene rings is 2. The summed E-state index contributed by atoms with van der Waals surface area (Å²) in [6.45, 7) is 8.21. The molecule has 1 aliphatic heterocycles. The highest BCUT2D eigenvalue weighted by atomic mass is 35.5. The Hall–Kier alpha value is -1.67. The van der Waals surface area contributed by atoms with Crippen LogP contribution in [0.4, 0.5) is 0 Å². The molecular formula is C26H36Cl2N4O2. The summed E-state index contributed by atoms with van der Waals surface area (Å²) in [5.41, 5.74) is 13.8. The van der Waals surface area contributed by atoms with Crippen molar-refractivity contribution >= 4 is 29.1 Å². The maximum absolute atomic E-state index is 13.5. The molecule has 0 aromatic heterocycles. The largest absolute Gasteiger partial charge is 0.378 e. The minimum absolute atomic E-state index is 0.0188. The summed E-state index contributed by atoms with van der Waals surface area (Å²) in [7, 11) is 0. The van der Waals surface area contributed by atoms with Crippen molar-refractivity contribution in [3.8, 4) is 0 Å². The number of rotatable bonds is 9. The van der Waals surface area contributed by atoms with Crippen LogP contribution in [-0.4, -0.2) is 44.3 Å². The standard InChI is InChI=1S/C26H36Cl2N4O2/c1-25(2,3)16-21-26(30,18-7-9-19(27)10-8-18)22(17-5-4-6-20(28)15-17)23(32-21)24(33)31-12-14-34-13-11-29/h4-10,15,21-23,32H,11-14,16,29-30H2,1-3H3,(H,31,33)/t21-,22-,23+,26+/m0/s1. The van der Waals surface area contributed by atoms with Crippen LogP contribution in [0.1, 0.15) is 44.2 Å². The normalized spacial score (nSPS) is 24.9. The van der Waals surface area contributed by atoms with Crippen LogP contribution >= 0.6 is 23.2 Å². The van der Waals surface area contributed by atoms with Gasteiger partial charge in [0, 0.05) is 35.1 Å². The molecular weight excluding hydrogens is 471 g/mol. The molecule has 186 valence electrons. The van der Waals surface area contributed by atoms with E-state index in [0.29, 0.717) is 36.3 Å². The number of nitrogens with one attached hydrogen (secondary N) is 2. The highest BCUT2D eigenvalue weighted by Gasteiger charge is 2.56. The van der Waals surface area contributed by atoms with Crippen molar-refractivity contribution in [3.05, 3.63) is 69.7 Å². The first kappa shape index (κ1) is 26.9. The monoisotopic (exact) mass is 506 g/mol. The van der Waals surface area contributed by atoms with Gasteiger partial charge in [-0.2, -0.15) is 0 Å². The molecule has 0 unspecified atom stereocenters. The fraction of sp³-hybridized carbons (Fsp3) is 0.500. The molecule has 0 aliphatic carbocycles. The van der Waals surface area contributed by atoms with Gasteiger partial charge in [-0.1, -0.05) is 68.2 Å². The summed E-state index contributed by atoms with van der Waals surface area (Å²) in [5.74, 6) is -0.480. The van der Waals surface area contributed by atoms with Crippen molar-refractivity contribution in [2.24, 2.45) is 16.9 Å². The molecule has 1 aliphatic rings. The van der Waals surface area contributed by atoms with Gasteiger partial charge >= 0.3 is 0 Å². The summed E-state index contributed by atoms with van der Waals surface area (Å²) in [5, 5.41) is 7.84. The zero-order chi connectivity index (χ0) is 24.9. The molecule has 0 radical (unpaired) electrons. The van der Waals surface area contributed by atoms with E-state index in [0.717, 1.165) is 17.5 Å². The van der Waals surface area contributed by atoms with Crippen LogP contribution in [0, 0.1) is 5.41 Å². The van der Waals surface area contributed by atoms with E-state index in [2.05, 4.69) is 31.4 Å². The lowest BCUT2D eigenvalue weighted by atomic mass is 9.68. The zero-order valence-electron chi connectivity index (χ0n) is 20.1. The Bertz CT molecular complexity index is 964. The molecule has 0 bridgehead atoms. The quantitative estimate of drug-likeness (QED) is 0.387. The summed E-state index contributed by atoms with van der Waals surface area (Å²) >= 11 is 12.6. The second-order valence-electron chi connectivity index (χ2n) is 10.1. The highest BCUT2D eigenvalue weighted by Crippen LogP contribution is 2.48. The van der Waals surface area contributed by atoms with Crippen molar-refractivity contribution in [1.82, 2.24) is 10.6 Å². The average Bonchev–Trinajstić information content (AvgIpc) is 3.05. The SMILES string of the molecule is CC(C)(C)C[C@@H]1N[C@@H](C(=O)NCCOCCN)[C@H](c2cccc(Cl)c2)[C@@]1(N)c1ccc(Cl)cc1. The summed E-state index contributed by atoms with van der Waals surface area (Å²) < 4.78 is 5.42. The van der Waals surface area contributed by atoms with Gasteiger partial charge in [0.15, 0.2) is 0 Å². The van der Waals surface area contributed by atoms with Crippen molar-refractivity contribution in [2.75, 3.05) is 26.3 Å². The molecule has 2 aromatic rings. The Morgan fingerprint density at radius 2 is 1.82 bits per heavy atom. The van der Waals surface area contributed by atoms with E-state index in [1.807, 2.05) is 48.5 Å². The Morgan fingerprint density at radius 3 is 2.44 bits per heavy atom. The minimum atomic E-state index is -0.874. The van der Waals surface area contributed by atoms with Gasteiger partial charge in [-0.05, 0) is 47.2 Å². The van der Waals surface area contributed by atoms with Gasteiger partial charge in [-0.3, -0.25) is 4.79 Å². The molecule has 1 fully saturated rings. The Balaban J connectivity index is 2.04. The van der Waals surface area contributed by atoms with E-state index >= 15 is 0 Å². The van der Waals surface area contributed by atoms with E-state index in [1.54, 1.807) is 0 Å². The lowest BCUT2D eigenvalue weighted by Gasteiger charge is -2.39. The third kappa shape index (κ3) is 6.30. The summed E-state index contributed by atoms with van der Waals surface area (Å²) in [6, 6.07) is 14.5. The first-order valence-corrected chi connectivity index (χ1v) is 12.4. The average molecular weight is 508 g/mol. The first-order chi connectivity index (χ1) is 16.1. The van der Waals surface area contributed by atoms with Crippen LogP contribution in [0.5, 0.6) is 0 Å². The predicted molar refractivity (Wildman–Crippen MR) is 139 cm³/mol. The maximum atomic E-state index is 13.5. The molecule has 2 aromatic carbocycles. The summed E-state index contributed by atoms with van der Waals surface area (Å²) in [4.78, 5) is 13.5. The summed E-state index contributed by atoms with van der Waals surface area (Å²) in [6.07, 6.45) is 0.770. The highest BCUT2D eigenvalue weighted by molar-refractivity contribution is 6.30. The predicted octanol–water partition coefficient (Wildman–Crippen LogP) is 3.80. The number of amides is 1. The number of carbonyl (C=O) groups is 1. The zero-order valence-corrected chi connectivity index (χ0v) is 21.6. The number of hydrogen-bond acceptors (Lipinski definition) is 5. The molecule has 3 rings (SSSR count). The van der Waals surface area contributed by atoms with Crippen LogP contribution in [0.2, 0.25) is 10.0 Å². The van der Waals surface area contributed by atoms with Gasteiger partial charge in [-0.15, -0.1) is 0 Å². The third-order valence-corrected chi connectivity index (χ3v) is 6.75. The molecule has 6 nitrogen and oxygen atoms in total. The molecule has 0 spiro atoms. The van der Waals surface area contributed by atoms with E-state index in [1.165, 1.54) is 0 Å². The maximum Gasteiger partial charge on any atom is 0.237 e. The van der Waals surface area contributed by atoms with Crippen molar-refractivity contribution in [1.29, 1.82) is 0 Å². The van der Waals surface area contributed by atoms with Gasteiger partial charge in [0.05, 0.1) is 24.8 Å². The molecule has 8 heteroatoms. The number of ether oxygens (including phenoxy) is 1. The number of halogens is 2. The van der Waals surface area contributed by atoms with Crippen LogP contribution in [0.3, 0.4) is 0 Å². The molecule has 1 heterocycles. The molecule has 1 saturated heterocycles. The van der Waals surface area contributed by atoms with Crippen molar-refractivity contribution < 1.29 is 9.53 Å². The van der Waals surface area contributed by atoms with Gasteiger partial charge in [0.1, 0.15) is 0 Å². The fourth-order valence-electron chi connectivity index (χ4n) is 4.84. The lowest BCUT2D eigenvalue weighted by molar-refractivity contribution is -0.123. The number of hydrogen-bond donors (Lipinski definition) is 4. The van der Waals surface area contributed by atoms with E-state index in [-0.39, 0.29) is 23.3 Å². The van der Waals surface area contributed by atoms with Gasteiger partial charge in [-0.25, -0.2) is 0 Å². The minimum Gasteiger partial charge on any atom is -0.378 e. The number of nitrogens with two attached hydrogens (primary N) is 2. The van der Waals surface area contributed by atoms with Crippen LogP contribution in [-0.2, 0) is 15.1 Å². The van der Waals surface area contributed by atoms with Crippen LogP contribution in [0.15, 0.2) is 48.5 Å². The molecule has 6 N–H and O–H groups in total. The van der Waals surface area contributed by atoms with E-state index in [4.69, 9.17) is 39.4 Å². The van der Waals surface area contributed by atoms with Crippen molar-refractivity contribution in [2.45, 2.75) is 50.7 Å². The molecule has 0 saturated carbocycles. The van der Waals surface area contributed by atoms with Gasteiger partial charge in [0.2, 0.25) is 5.91 Å². The van der Waals surface area contributed by atoms with E-state index < -0.39 is 11.6 Å². The van der Waals surface area contributed by atoms with Gasteiger partial charge < -0.3 is 26.8 Å². The van der Waals surface area contributed by atoms with Crippen LogP contribution in [0.25, 0.3) is 0 Å². The fourth-order valence-corrected chi connectivity index (χ4v) is 5.16. The smallest absolute Gasteiger partial charge is 0.237 e. The Kier molecular flexibility index (Phi) is 9.01. The second-order valence-corrected chi connectivity index (χ2v) is 11.0. The topological polar surface area (TPSA) is 102 Å². The molecule has 34 heavy (non-hydrogen) atoms. The second kappa shape index (κ2) is 11.4. The Morgan fingerprint density at radius 1 is 1.12 bits per heavy atom. The molecule has 1 amide bonds. The number of carbonyl (C=O) groups excluding carboxylic acids is 1. The van der Waals surface area contributed by atoms with Crippen molar-refractivity contribution in [3.63, 3.8) is 0 Å². The molecule has 4 atom stereocenters. The van der Waals surface area contributed by atoms with Crippen LogP contribution < -0.4 is 22.1 Å². The third-order valence-electron chi connectivity index (χ3n) is 6.26. The first-order valence-electron chi connectivity index (χ1n) is 11.7. The van der Waals surface area contributed by atoms with Gasteiger partial charge in [0.25, 0.3) is 0 Å². The lowest BCUT2D eigenvalue weighted by Crippen LogP contribution is -2.51. The Labute approximate surface area is 212 Å².